The van der Waals surface area contributed by atoms with Gasteiger partial charge in [0.1, 0.15) is 0 Å². The van der Waals surface area contributed by atoms with Gasteiger partial charge in [0.2, 0.25) is 5.88 Å². The quantitative estimate of drug-likeness (QED) is 0.754. The number of aromatic amines is 1. The molecule has 0 spiro atoms. The molecular weight excluding hydrogens is 280 g/mol. The lowest BCUT2D eigenvalue weighted by Gasteiger charge is -2.02. The summed E-state index contributed by atoms with van der Waals surface area (Å²) in [4.78, 5) is 13.0. The zero-order valence-electron chi connectivity index (χ0n) is 10.5. The van der Waals surface area contributed by atoms with Gasteiger partial charge in [-0.05, 0) is 25.2 Å². The molecule has 0 radical (unpaired) electrons. The lowest BCUT2D eigenvalue weighted by atomic mass is 10.4. The largest absolute Gasteiger partial charge is 0.481 e. The number of pyridine rings is 1. The lowest BCUT2D eigenvalue weighted by Crippen LogP contribution is -1.99. The highest BCUT2D eigenvalue weighted by atomic mass is 32.1. The first kappa shape index (κ1) is 12.3. The molecule has 0 aliphatic carbocycles. The van der Waals surface area contributed by atoms with Gasteiger partial charge in [0.05, 0.1) is 24.2 Å². The Morgan fingerprint density at radius 3 is 3.00 bits per heavy atom. The van der Waals surface area contributed by atoms with E-state index in [0.717, 1.165) is 21.0 Å². The second-order valence-electron chi connectivity index (χ2n) is 4.09. The van der Waals surface area contributed by atoms with E-state index in [9.17, 15) is 0 Å². The number of rotatable bonds is 3. The predicted octanol–water partition coefficient (Wildman–Crippen LogP) is 2.92. The summed E-state index contributed by atoms with van der Waals surface area (Å²) < 4.78 is 7.77. The lowest BCUT2D eigenvalue weighted by molar-refractivity contribution is 0.399. The summed E-state index contributed by atoms with van der Waals surface area (Å²) in [6.07, 6.45) is 1.88. The number of hydrogen-bond donors (Lipinski definition) is 1. The van der Waals surface area contributed by atoms with Crippen LogP contribution in [0.25, 0.3) is 11.2 Å². The number of fused-ring (bicyclic) bond motifs is 1. The van der Waals surface area contributed by atoms with Crippen LogP contribution in [0.4, 0.5) is 0 Å². The van der Waals surface area contributed by atoms with Gasteiger partial charge in [-0.2, -0.15) is 4.98 Å². The van der Waals surface area contributed by atoms with Crippen LogP contribution < -0.4 is 4.74 Å². The highest BCUT2D eigenvalue weighted by Crippen LogP contribution is 2.19. The fourth-order valence-electron chi connectivity index (χ4n) is 1.91. The SMILES string of the molecule is COc1ccc2[nH]c(=S)n(Cc3cnc(C)s3)c2n1. The Morgan fingerprint density at radius 2 is 2.32 bits per heavy atom. The molecule has 0 fully saturated rings. The van der Waals surface area contributed by atoms with E-state index >= 15 is 0 Å². The summed E-state index contributed by atoms with van der Waals surface area (Å²) in [6, 6.07) is 3.74. The van der Waals surface area contributed by atoms with Crippen LogP contribution in [0.5, 0.6) is 5.88 Å². The molecule has 7 heteroatoms. The van der Waals surface area contributed by atoms with Crippen molar-refractivity contribution in [3.8, 4) is 5.88 Å². The van der Waals surface area contributed by atoms with E-state index in [1.165, 1.54) is 0 Å². The highest BCUT2D eigenvalue weighted by Gasteiger charge is 2.09. The van der Waals surface area contributed by atoms with Gasteiger partial charge in [-0.3, -0.25) is 4.57 Å². The molecule has 19 heavy (non-hydrogen) atoms. The molecule has 3 heterocycles. The molecule has 0 amide bonds. The standard InChI is InChI=1S/C12H12N4OS2/c1-7-13-5-8(19-7)6-16-11-9(14-12(16)18)3-4-10(15-11)17-2/h3-5H,6H2,1-2H3,(H,14,18). The maximum Gasteiger partial charge on any atom is 0.215 e. The monoisotopic (exact) mass is 292 g/mol. The molecule has 1 N–H and O–H groups in total. The van der Waals surface area contributed by atoms with Gasteiger partial charge in [-0.15, -0.1) is 11.3 Å². The van der Waals surface area contributed by atoms with Crippen molar-refractivity contribution in [1.82, 2.24) is 19.5 Å². The Hall–Kier alpha value is -1.73. The Morgan fingerprint density at radius 1 is 1.47 bits per heavy atom. The Labute approximate surface area is 118 Å². The number of nitrogens with one attached hydrogen (secondary N) is 1. The van der Waals surface area contributed by atoms with Crippen molar-refractivity contribution in [1.29, 1.82) is 0 Å². The molecule has 0 aliphatic rings. The minimum atomic E-state index is 0.579. The van der Waals surface area contributed by atoms with Crippen molar-refractivity contribution in [2.75, 3.05) is 7.11 Å². The average Bonchev–Trinajstić information content (AvgIpc) is 2.94. The van der Waals surface area contributed by atoms with Crippen molar-refractivity contribution in [2.24, 2.45) is 0 Å². The zero-order chi connectivity index (χ0) is 13.4. The van der Waals surface area contributed by atoms with E-state index in [2.05, 4.69) is 15.0 Å². The molecule has 0 unspecified atom stereocenters. The van der Waals surface area contributed by atoms with Gasteiger partial charge in [0, 0.05) is 17.1 Å². The Balaban J connectivity index is 2.11. The molecule has 3 rings (SSSR count). The van der Waals surface area contributed by atoms with E-state index in [0.29, 0.717) is 17.2 Å². The van der Waals surface area contributed by atoms with Gasteiger partial charge < -0.3 is 9.72 Å². The van der Waals surface area contributed by atoms with E-state index in [-0.39, 0.29) is 0 Å². The maximum absolute atomic E-state index is 5.35. The van der Waals surface area contributed by atoms with Crippen LogP contribution in [0.15, 0.2) is 18.3 Å². The molecule has 98 valence electrons. The third-order valence-electron chi connectivity index (χ3n) is 2.78. The second-order valence-corrected chi connectivity index (χ2v) is 5.79. The van der Waals surface area contributed by atoms with Crippen LogP contribution in [0, 0.1) is 11.7 Å². The van der Waals surface area contributed by atoms with Crippen molar-refractivity contribution < 1.29 is 4.74 Å². The number of hydrogen-bond acceptors (Lipinski definition) is 5. The number of methoxy groups -OCH3 is 1. The van der Waals surface area contributed by atoms with Gasteiger partial charge in [-0.25, -0.2) is 4.98 Å². The number of H-pyrrole nitrogens is 1. The number of imidazole rings is 1. The summed E-state index contributed by atoms with van der Waals surface area (Å²) in [7, 11) is 1.60. The van der Waals surface area contributed by atoms with Crippen molar-refractivity contribution in [3.05, 3.63) is 33.0 Å². The maximum atomic E-state index is 5.35. The summed E-state index contributed by atoms with van der Waals surface area (Å²) in [5.41, 5.74) is 1.71. The van der Waals surface area contributed by atoms with Crippen molar-refractivity contribution >= 4 is 34.7 Å². The first-order valence-corrected chi connectivity index (χ1v) is 6.94. The normalized spacial score (nSPS) is 11.1. The smallest absolute Gasteiger partial charge is 0.215 e. The third kappa shape index (κ3) is 2.26. The van der Waals surface area contributed by atoms with E-state index in [1.54, 1.807) is 18.4 Å². The number of ether oxygens (including phenoxy) is 1. The predicted molar refractivity (Wildman–Crippen MR) is 77.4 cm³/mol. The molecule has 5 nitrogen and oxygen atoms in total. The van der Waals surface area contributed by atoms with Gasteiger partial charge >= 0.3 is 0 Å². The molecule has 0 aromatic carbocycles. The van der Waals surface area contributed by atoms with Gasteiger partial charge in [0.25, 0.3) is 0 Å². The molecule has 3 aromatic heterocycles. The van der Waals surface area contributed by atoms with E-state index in [4.69, 9.17) is 17.0 Å². The number of thiazole rings is 1. The van der Waals surface area contributed by atoms with Gasteiger partial charge in [0.15, 0.2) is 10.4 Å². The first-order valence-electron chi connectivity index (χ1n) is 5.72. The zero-order valence-corrected chi connectivity index (χ0v) is 12.1. The Kier molecular flexibility index (Phi) is 3.08. The minimum Gasteiger partial charge on any atom is -0.481 e. The second kappa shape index (κ2) is 4.75. The van der Waals surface area contributed by atoms with Crippen LogP contribution in [0.3, 0.4) is 0 Å². The van der Waals surface area contributed by atoms with Gasteiger partial charge in [-0.1, -0.05) is 0 Å². The van der Waals surface area contributed by atoms with E-state index in [1.807, 2.05) is 29.8 Å². The molecule has 0 saturated heterocycles. The topological polar surface area (TPSA) is 55.7 Å². The number of aromatic nitrogens is 4. The van der Waals surface area contributed by atoms with Crippen LogP contribution in [-0.2, 0) is 6.54 Å². The first-order chi connectivity index (χ1) is 9.17. The van der Waals surface area contributed by atoms with Crippen LogP contribution in [0.2, 0.25) is 0 Å². The Bertz CT molecular complexity index is 786. The fraction of sp³-hybridized carbons (Fsp3) is 0.250. The number of aryl methyl sites for hydroxylation is 1. The third-order valence-corrected chi connectivity index (χ3v) is 4.00. The number of nitrogens with zero attached hydrogens (tertiary/aromatic N) is 3. The minimum absolute atomic E-state index is 0.579. The summed E-state index contributed by atoms with van der Waals surface area (Å²) in [5.74, 6) is 0.579. The molecule has 3 aromatic rings. The van der Waals surface area contributed by atoms with Crippen LogP contribution >= 0.6 is 23.6 Å². The molecule has 0 atom stereocenters. The van der Waals surface area contributed by atoms with Crippen LogP contribution in [0.1, 0.15) is 9.88 Å². The molecule has 0 bridgehead atoms. The summed E-state index contributed by atoms with van der Waals surface area (Å²) in [6.45, 7) is 2.66. The summed E-state index contributed by atoms with van der Waals surface area (Å²) >= 11 is 7.01. The molecule has 0 aliphatic heterocycles. The van der Waals surface area contributed by atoms with Crippen molar-refractivity contribution in [2.45, 2.75) is 13.5 Å². The van der Waals surface area contributed by atoms with E-state index < -0.39 is 0 Å². The molecule has 0 saturated carbocycles. The fourth-order valence-corrected chi connectivity index (χ4v) is 2.95. The summed E-state index contributed by atoms with van der Waals surface area (Å²) in [5, 5.41) is 1.05. The molecular formula is C12H12N4OS2. The van der Waals surface area contributed by atoms with Crippen LogP contribution in [-0.4, -0.2) is 26.6 Å². The average molecular weight is 292 g/mol. The highest BCUT2D eigenvalue weighted by molar-refractivity contribution is 7.71. The van der Waals surface area contributed by atoms with Crippen molar-refractivity contribution in [3.63, 3.8) is 0 Å².